The van der Waals surface area contributed by atoms with Gasteiger partial charge in [-0.2, -0.15) is 0 Å². The Bertz CT molecular complexity index is 365. The van der Waals surface area contributed by atoms with Gasteiger partial charge in [0.2, 0.25) is 0 Å². The number of likely N-dealkylation sites (N-methyl/N-ethyl adjacent to an activating group) is 1. The van der Waals surface area contributed by atoms with E-state index in [1.54, 1.807) is 11.3 Å². The molecule has 17 heavy (non-hydrogen) atoms. The first-order valence-corrected chi connectivity index (χ1v) is 6.74. The van der Waals surface area contributed by atoms with Crippen molar-refractivity contribution in [2.24, 2.45) is 0 Å². The molecular formula is C12H20N2O2S. The number of esters is 1. The fourth-order valence-corrected chi connectivity index (χ4v) is 2.35. The van der Waals surface area contributed by atoms with Gasteiger partial charge in [-0.1, -0.05) is 6.92 Å². The number of carbonyl (C=O) groups is 1. The molecule has 0 aliphatic carbocycles. The van der Waals surface area contributed by atoms with E-state index >= 15 is 0 Å². The third kappa shape index (κ3) is 4.09. The molecule has 0 spiro atoms. The highest BCUT2D eigenvalue weighted by Crippen LogP contribution is 2.13. The van der Waals surface area contributed by atoms with Gasteiger partial charge in [0.05, 0.1) is 17.3 Å². The summed E-state index contributed by atoms with van der Waals surface area (Å²) in [7, 11) is 1.93. The van der Waals surface area contributed by atoms with Crippen LogP contribution < -0.4 is 0 Å². The van der Waals surface area contributed by atoms with Crippen molar-refractivity contribution in [2.75, 3.05) is 13.7 Å². The van der Waals surface area contributed by atoms with Crippen molar-refractivity contribution in [3.05, 3.63) is 16.1 Å². The minimum absolute atomic E-state index is 0.149. The minimum Gasteiger partial charge on any atom is -0.465 e. The number of hydrogen-bond acceptors (Lipinski definition) is 5. The molecule has 1 aromatic rings. The maximum absolute atomic E-state index is 11.7. The van der Waals surface area contributed by atoms with Gasteiger partial charge in [0.25, 0.3) is 0 Å². The zero-order chi connectivity index (χ0) is 12.8. The lowest BCUT2D eigenvalue weighted by atomic mass is 10.2. The third-order valence-corrected chi connectivity index (χ3v) is 3.38. The number of aromatic nitrogens is 1. The van der Waals surface area contributed by atoms with Crippen LogP contribution in [0.3, 0.4) is 0 Å². The predicted molar refractivity (Wildman–Crippen MR) is 69.0 cm³/mol. The molecule has 0 amide bonds. The number of thiazole rings is 1. The van der Waals surface area contributed by atoms with Crippen LogP contribution in [0.4, 0.5) is 0 Å². The lowest BCUT2D eigenvalue weighted by Gasteiger charge is -2.24. The zero-order valence-electron chi connectivity index (χ0n) is 10.9. The molecule has 1 aromatic heterocycles. The van der Waals surface area contributed by atoms with Crippen molar-refractivity contribution >= 4 is 17.3 Å². The van der Waals surface area contributed by atoms with Crippen LogP contribution >= 0.6 is 11.3 Å². The lowest BCUT2D eigenvalue weighted by molar-refractivity contribution is -0.149. The first-order valence-electron chi connectivity index (χ1n) is 5.86. The molecule has 0 saturated heterocycles. The van der Waals surface area contributed by atoms with Crippen LogP contribution in [-0.4, -0.2) is 35.5 Å². The summed E-state index contributed by atoms with van der Waals surface area (Å²) < 4.78 is 5.06. The standard InChI is InChI=1S/C12H20N2O2S/c1-5-11(12(15)16-6-2)14(4)7-10-8-17-9(3)13-10/h8,11H,5-7H2,1-4H3. The summed E-state index contributed by atoms with van der Waals surface area (Å²) in [5.41, 5.74) is 1.01. The Balaban J connectivity index is 2.60. The molecule has 1 unspecified atom stereocenters. The van der Waals surface area contributed by atoms with E-state index in [0.717, 1.165) is 17.1 Å². The fourth-order valence-electron chi connectivity index (χ4n) is 1.74. The summed E-state index contributed by atoms with van der Waals surface area (Å²) in [6.45, 7) is 6.91. The molecular weight excluding hydrogens is 236 g/mol. The van der Waals surface area contributed by atoms with Gasteiger partial charge in [-0.25, -0.2) is 4.98 Å². The lowest BCUT2D eigenvalue weighted by Crippen LogP contribution is -2.38. The quantitative estimate of drug-likeness (QED) is 0.732. The summed E-state index contributed by atoms with van der Waals surface area (Å²) in [5, 5.41) is 3.08. The van der Waals surface area contributed by atoms with E-state index < -0.39 is 0 Å². The molecule has 0 aliphatic heterocycles. The van der Waals surface area contributed by atoms with Crippen molar-refractivity contribution in [2.45, 2.75) is 39.8 Å². The number of ether oxygens (including phenoxy) is 1. The van der Waals surface area contributed by atoms with Gasteiger partial charge in [-0.05, 0) is 27.3 Å². The van der Waals surface area contributed by atoms with E-state index in [4.69, 9.17) is 4.74 Å². The van der Waals surface area contributed by atoms with E-state index in [1.165, 1.54) is 0 Å². The summed E-state index contributed by atoms with van der Waals surface area (Å²) in [6.07, 6.45) is 0.748. The van der Waals surface area contributed by atoms with Crippen LogP contribution in [0.1, 0.15) is 31.0 Å². The molecule has 0 saturated carbocycles. The van der Waals surface area contributed by atoms with Crippen molar-refractivity contribution in [1.29, 1.82) is 0 Å². The smallest absolute Gasteiger partial charge is 0.323 e. The Kier molecular flexibility index (Phi) is 5.58. The summed E-state index contributed by atoms with van der Waals surface area (Å²) >= 11 is 1.63. The van der Waals surface area contributed by atoms with Crippen LogP contribution in [0.25, 0.3) is 0 Å². The highest BCUT2D eigenvalue weighted by molar-refractivity contribution is 7.09. The van der Waals surface area contributed by atoms with E-state index in [0.29, 0.717) is 13.2 Å². The molecule has 0 fully saturated rings. The van der Waals surface area contributed by atoms with E-state index in [9.17, 15) is 4.79 Å². The van der Waals surface area contributed by atoms with Crippen LogP contribution in [-0.2, 0) is 16.1 Å². The maximum Gasteiger partial charge on any atom is 0.323 e. The van der Waals surface area contributed by atoms with Crippen molar-refractivity contribution in [3.63, 3.8) is 0 Å². The Morgan fingerprint density at radius 2 is 2.29 bits per heavy atom. The Labute approximate surface area is 107 Å². The van der Waals surface area contributed by atoms with Gasteiger partial charge in [0.1, 0.15) is 6.04 Å². The van der Waals surface area contributed by atoms with E-state index in [-0.39, 0.29) is 12.0 Å². The highest BCUT2D eigenvalue weighted by atomic mass is 32.1. The van der Waals surface area contributed by atoms with Gasteiger partial charge in [0.15, 0.2) is 0 Å². The first kappa shape index (κ1) is 14.1. The molecule has 5 heteroatoms. The van der Waals surface area contributed by atoms with Crippen LogP contribution in [0.15, 0.2) is 5.38 Å². The van der Waals surface area contributed by atoms with Gasteiger partial charge in [-0.3, -0.25) is 9.69 Å². The monoisotopic (exact) mass is 256 g/mol. The Morgan fingerprint density at radius 3 is 2.76 bits per heavy atom. The van der Waals surface area contributed by atoms with Gasteiger partial charge >= 0.3 is 5.97 Å². The maximum atomic E-state index is 11.7. The minimum atomic E-state index is -0.183. The topological polar surface area (TPSA) is 42.4 Å². The van der Waals surface area contributed by atoms with Crippen molar-refractivity contribution in [3.8, 4) is 0 Å². The number of rotatable bonds is 6. The second-order valence-electron chi connectivity index (χ2n) is 3.95. The van der Waals surface area contributed by atoms with Crippen molar-refractivity contribution < 1.29 is 9.53 Å². The molecule has 1 atom stereocenters. The Morgan fingerprint density at radius 1 is 1.59 bits per heavy atom. The summed E-state index contributed by atoms with van der Waals surface area (Å²) in [4.78, 5) is 18.1. The van der Waals surface area contributed by atoms with Crippen LogP contribution in [0.5, 0.6) is 0 Å². The average Bonchev–Trinajstić information content (AvgIpc) is 2.65. The molecule has 1 rings (SSSR count). The second kappa shape index (κ2) is 6.71. The SMILES string of the molecule is CCOC(=O)C(CC)N(C)Cc1csc(C)n1. The first-order chi connectivity index (χ1) is 8.08. The fraction of sp³-hybridized carbons (Fsp3) is 0.667. The summed E-state index contributed by atoms with van der Waals surface area (Å²) in [6, 6.07) is -0.183. The predicted octanol–water partition coefficient (Wildman–Crippen LogP) is 2.23. The van der Waals surface area contributed by atoms with Crippen LogP contribution in [0.2, 0.25) is 0 Å². The molecule has 96 valence electrons. The number of carbonyl (C=O) groups excluding carboxylic acids is 1. The normalized spacial score (nSPS) is 12.8. The van der Waals surface area contributed by atoms with Crippen molar-refractivity contribution in [1.82, 2.24) is 9.88 Å². The number of hydrogen-bond donors (Lipinski definition) is 0. The number of nitrogens with zero attached hydrogens (tertiary/aromatic N) is 2. The molecule has 4 nitrogen and oxygen atoms in total. The summed E-state index contributed by atoms with van der Waals surface area (Å²) in [5.74, 6) is -0.149. The highest BCUT2D eigenvalue weighted by Gasteiger charge is 2.22. The molecule has 0 aromatic carbocycles. The third-order valence-electron chi connectivity index (χ3n) is 2.56. The van der Waals surface area contributed by atoms with E-state index in [1.807, 2.05) is 38.1 Å². The average molecular weight is 256 g/mol. The molecule has 0 bridgehead atoms. The zero-order valence-corrected chi connectivity index (χ0v) is 11.7. The molecule has 0 radical (unpaired) electrons. The molecule has 0 N–H and O–H groups in total. The molecule has 0 aliphatic rings. The van der Waals surface area contributed by atoms with E-state index in [2.05, 4.69) is 4.98 Å². The van der Waals surface area contributed by atoms with Gasteiger partial charge < -0.3 is 4.74 Å². The van der Waals surface area contributed by atoms with Gasteiger partial charge in [0, 0.05) is 11.9 Å². The van der Waals surface area contributed by atoms with Crippen LogP contribution in [0, 0.1) is 6.92 Å². The largest absolute Gasteiger partial charge is 0.465 e. The van der Waals surface area contributed by atoms with Gasteiger partial charge in [-0.15, -0.1) is 11.3 Å². The Hall–Kier alpha value is -0.940. The molecule has 1 heterocycles. The number of aryl methyl sites for hydroxylation is 1. The second-order valence-corrected chi connectivity index (χ2v) is 5.01.